The smallest absolute Gasteiger partial charge is 0.281 e. The Kier molecular flexibility index (Phi) is 5.67. The second-order valence-electron chi connectivity index (χ2n) is 6.96. The zero-order chi connectivity index (χ0) is 21.1. The fraction of sp³-hybridized carbons (Fsp3) is 0.273. The minimum Gasteiger partial charge on any atom is -0.497 e. The van der Waals surface area contributed by atoms with Crippen LogP contribution in [-0.2, 0) is 4.74 Å². The van der Waals surface area contributed by atoms with Crippen LogP contribution >= 0.6 is 0 Å². The third kappa shape index (κ3) is 3.99. The molecule has 0 amide bonds. The summed E-state index contributed by atoms with van der Waals surface area (Å²) in [6, 6.07) is 13.2. The van der Waals surface area contributed by atoms with E-state index in [9.17, 15) is 9.18 Å². The van der Waals surface area contributed by atoms with E-state index in [0.29, 0.717) is 49.0 Å². The van der Waals surface area contributed by atoms with Crippen molar-refractivity contribution in [2.24, 2.45) is 5.10 Å². The molecule has 0 radical (unpaired) electrons. The lowest BCUT2D eigenvalue weighted by molar-refractivity contribution is 0.0393. The molecular weight excluding hydrogens is 387 g/mol. The Hall–Kier alpha value is -3.39. The van der Waals surface area contributed by atoms with Crippen molar-refractivity contribution in [3.8, 4) is 22.7 Å². The molecule has 30 heavy (non-hydrogen) atoms. The summed E-state index contributed by atoms with van der Waals surface area (Å²) in [5, 5.41) is 9.74. The van der Waals surface area contributed by atoms with E-state index in [2.05, 4.69) is 10.2 Å². The molecular formula is C22H23FN4O3. The van der Waals surface area contributed by atoms with Gasteiger partial charge in [-0.2, -0.15) is 5.10 Å². The number of methoxy groups -OCH3 is 1. The third-order valence-corrected chi connectivity index (χ3v) is 4.99. The van der Waals surface area contributed by atoms with Crippen LogP contribution in [0.5, 0.6) is 5.75 Å². The first-order valence-electron chi connectivity index (χ1n) is 9.70. The molecule has 1 aliphatic rings. The third-order valence-electron chi connectivity index (χ3n) is 4.99. The molecule has 0 saturated carbocycles. The molecule has 1 saturated heterocycles. The summed E-state index contributed by atoms with van der Waals surface area (Å²) in [5.74, 6) is 0.360. The molecule has 0 bridgehead atoms. The molecule has 1 fully saturated rings. The molecule has 2 aromatic carbocycles. The SMILES string of the molecule is COc1ccc(-c2[nH]n(-c3ccc(F)cc3)c(=O)c2/C(C)=N/N2CCOCC2)cc1. The van der Waals surface area contributed by atoms with E-state index in [1.165, 1.54) is 16.8 Å². The van der Waals surface area contributed by atoms with E-state index in [0.717, 1.165) is 11.3 Å². The van der Waals surface area contributed by atoms with Gasteiger partial charge in [0.15, 0.2) is 0 Å². The molecule has 1 N–H and O–H groups in total. The lowest BCUT2D eigenvalue weighted by Crippen LogP contribution is -2.33. The number of hydrogen-bond acceptors (Lipinski definition) is 5. The Bertz CT molecular complexity index is 1090. The van der Waals surface area contributed by atoms with Crippen LogP contribution in [0.2, 0.25) is 0 Å². The van der Waals surface area contributed by atoms with Crippen molar-refractivity contribution in [2.45, 2.75) is 6.92 Å². The Labute approximate surface area is 173 Å². The summed E-state index contributed by atoms with van der Waals surface area (Å²) in [6.45, 7) is 4.38. The first-order chi connectivity index (χ1) is 14.6. The predicted octanol–water partition coefficient (Wildman–Crippen LogP) is 3.04. The number of hydrogen-bond donors (Lipinski definition) is 1. The van der Waals surface area contributed by atoms with Crippen LogP contribution in [0.15, 0.2) is 58.4 Å². The number of hydrazone groups is 1. The molecule has 156 valence electrons. The number of nitrogens with one attached hydrogen (secondary N) is 1. The standard InChI is InChI=1S/C22H23FN4O3/c1-15(24-26-11-13-30-14-12-26)20-21(16-3-9-19(29-2)10-4-16)25-27(22(20)28)18-7-5-17(23)6-8-18/h3-10,25H,11-14H2,1-2H3/b24-15+. The topological polar surface area (TPSA) is 71.8 Å². The second-order valence-corrected chi connectivity index (χ2v) is 6.96. The van der Waals surface area contributed by atoms with E-state index < -0.39 is 0 Å². The van der Waals surface area contributed by atoms with E-state index in [1.807, 2.05) is 36.2 Å². The molecule has 2 heterocycles. The van der Waals surface area contributed by atoms with E-state index in [-0.39, 0.29) is 11.4 Å². The van der Waals surface area contributed by atoms with Gasteiger partial charge < -0.3 is 9.47 Å². The van der Waals surface area contributed by atoms with Crippen molar-refractivity contribution < 1.29 is 13.9 Å². The molecule has 3 aromatic rings. The summed E-state index contributed by atoms with van der Waals surface area (Å²) in [5.41, 5.74) is 2.83. The summed E-state index contributed by atoms with van der Waals surface area (Å²) in [6.07, 6.45) is 0. The summed E-state index contributed by atoms with van der Waals surface area (Å²) >= 11 is 0. The number of benzene rings is 2. The Morgan fingerprint density at radius 3 is 2.40 bits per heavy atom. The van der Waals surface area contributed by atoms with Gasteiger partial charge in [-0.1, -0.05) is 0 Å². The quantitative estimate of drug-likeness (QED) is 0.657. The van der Waals surface area contributed by atoms with E-state index in [4.69, 9.17) is 9.47 Å². The Morgan fingerprint density at radius 2 is 1.77 bits per heavy atom. The maximum atomic E-state index is 13.4. The first kappa shape index (κ1) is 19.9. The largest absolute Gasteiger partial charge is 0.497 e. The Morgan fingerprint density at radius 1 is 1.10 bits per heavy atom. The fourth-order valence-electron chi connectivity index (χ4n) is 3.43. The molecule has 1 aromatic heterocycles. The summed E-state index contributed by atoms with van der Waals surface area (Å²) < 4.78 is 25.4. The summed E-state index contributed by atoms with van der Waals surface area (Å²) in [7, 11) is 1.60. The van der Waals surface area contributed by atoms with Gasteiger partial charge >= 0.3 is 0 Å². The number of H-pyrrole nitrogens is 1. The molecule has 4 rings (SSSR count). The van der Waals surface area contributed by atoms with Crippen molar-refractivity contribution in [3.05, 3.63) is 70.3 Å². The van der Waals surface area contributed by atoms with Gasteiger partial charge in [0.05, 0.1) is 56.1 Å². The van der Waals surface area contributed by atoms with E-state index >= 15 is 0 Å². The van der Waals surface area contributed by atoms with Gasteiger partial charge in [0.25, 0.3) is 5.56 Å². The average Bonchev–Trinajstić information content (AvgIpc) is 3.12. The van der Waals surface area contributed by atoms with Gasteiger partial charge in [0.2, 0.25) is 0 Å². The lowest BCUT2D eigenvalue weighted by Gasteiger charge is -2.24. The van der Waals surface area contributed by atoms with Crippen molar-refractivity contribution >= 4 is 5.71 Å². The number of morpholine rings is 1. The molecule has 1 aliphatic heterocycles. The Balaban J connectivity index is 1.83. The maximum Gasteiger partial charge on any atom is 0.281 e. The van der Waals surface area contributed by atoms with Gasteiger partial charge in [-0.3, -0.25) is 14.9 Å². The number of halogens is 1. The number of nitrogens with zero attached hydrogens (tertiary/aromatic N) is 3. The highest BCUT2D eigenvalue weighted by Gasteiger charge is 2.20. The lowest BCUT2D eigenvalue weighted by atomic mass is 10.1. The maximum absolute atomic E-state index is 13.4. The van der Waals surface area contributed by atoms with Gasteiger partial charge in [0.1, 0.15) is 11.6 Å². The second kappa shape index (κ2) is 8.54. The molecule has 0 aliphatic carbocycles. The van der Waals surface area contributed by atoms with Crippen LogP contribution < -0.4 is 10.3 Å². The molecule has 8 heteroatoms. The average molecular weight is 410 g/mol. The molecule has 7 nitrogen and oxygen atoms in total. The predicted molar refractivity (Wildman–Crippen MR) is 113 cm³/mol. The zero-order valence-electron chi connectivity index (χ0n) is 16.9. The van der Waals surface area contributed by atoms with Crippen molar-refractivity contribution in [3.63, 3.8) is 0 Å². The fourth-order valence-corrected chi connectivity index (χ4v) is 3.43. The van der Waals surface area contributed by atoms with Gasteiger partial charge in [-0.05, 0) is 55.5 Å². The van der Waals surface area contributed by atoms with Crippen molar-refractivity contribution in [1.82, 2.24) is 14.8 Å². The highest BCUT2D eigenvalue weighted by molar-refractivity contribution is 6.03. The van der Waals surface area contributed by atoms with Gasteiger partial charge in [-0.25, -0.2) is 9.07 Å². The monoisotopic (exact) mass is 410 g/mol. The number of ether oxygens (including phenoxy) is 2. The van der Waals surface area contributed by atoms with Gasteiger partial charge in [0, 0.05) is 5.56 Å². The minimum absolute atomic E-state index is 0.248. The molecule has 0 unspecified atom stereocenters. The van der Waals surface area contributed by atoms with Crippen molar-refractivity contribution in [2.75, 3.05) is 33.4 Å². The van der Waals surface area contributed by atoms with Crippen molar-refractivity contribution in [1.29, 1.82) is 0 Å². The van der Waals surface area contributed by atoms with Crippen LogP contribution in [0.3, 0.4) is 0 Å². The minimum atomic E-state index is -0.362. The molecule has 0 spiro atoms. The van der Waals surface area contributed by atoms with Crippen LogP contribution in [0, 0.1) is 5.82 Å². The van der Waals surface area contributed by atoms with E-state index in [1.54, 1.807) is 19.2 Å². The molecule has 0 atom stereocenters. The van der Waals surface area contributed by atoms with Crippen LogP contribution in [0.25, 0.3) is 16.9 Å². The zero-order valence-corrected chi connectivity index (χ0v) is 16.9. The normalized spacial score (nSPS) is 14.8. The first-order valence-corrected chi connectivity index (χ1v) is 9.70. The number of aromatic amines is 1. The van der Waals surface area contributed by atoms with Crippen LogP contribution in [-0.4, -0.2) is 53.9 Å². The summed E-state index contributed by atoms with van der Waals surface area (Å²) in [4.78, 5) is 13.3. The number of aromatic nitrogens is 2. The number of rotatable bonds is 5. The van der Waals surface area contributed by atoms with Crippen LogP contribution in [0.1, 0.15) is 12.5 Å². The highest BCUT2D eigenvalue weighted by Crippen LogP contribution is 2.24. The van der Waals surface area contributed by atoms with Gasteiger partial charge in [-0.15, -0.1) is 0 Å². The highest BCUT2D eigenvalue weighted by atomic mass is 19.1. The van der Waals surface area contributed by atoms with Crippen LogP contribution in [0.4, 0.5) is 4.39 Å².